The number of methoxy groups -OCH3 is 1. The van der Waals surface area contributed by atoms with Gasteiger partial charge in [-0.25, -0.2) is 0 Å². The molecule has 0 amide bonds. The number of benzene rings is 2. The third-order valence-corrected chi connectivity index (χ3v) is 5.53. The van der Waals surface area contributed by atoms with Gasteiger partial charge < -0.3 is 10.1 Å². The Morgan fingerprint density at radius 2 is 1.93 bits per heavy atom. The molecule has 3 aromatic rings. The second-order valence-corrected chi connectivity index (χ2v) is 7.30. The van der Waals surface area contributed by atoms with Gasteiger partial charge in [-0.1, -0.05) is 55.3 Å². The lowest BCUT2D eigenvalue weighted by atomic mass is 9.80. The minimum atomic E-state index is -0.315. The van der Waals surface area contributed by atoms with Gasteiger partial charge in [-0.05, 0) is 30.2 Å². The topological polar surface area (TPSA) is 73.7 Å². The van der Waals surface area contributed by atoms with Gasteiger partial charge >= 0.3 is 0 Å². The number of anilines is 1. The highest BCUT2D eigenvalue weighted by molar-refractivity contribution is 6.31. The van der Waals surface area contributed by atoms with Crippen LogP contribution in [-0.4, -0.2) is 17.3 Å². The van der Waals surface area contributed by atoms with Gasteiger partial charge in [0.2, 0.25) is 0 Å². The highest BCUT2D eigenvalue weighted by Gasteiger charge is 2.35. The number of rotatable bonds is 5. The van der Waals surface area contributed by atoms with Crippen LogP contribution in [0.25, 0.3) is 11.3 Å². The fraction of sp³-hybridized carbons (Fsp3) is 0.217. The number of para-hydroxylation sites is 1. The van der Waals surface area contributed by atoms with Crippen molar-refractivity contribution in [3.8, 4) is 23.1 Å². The first-order valence-electron chi connectivity index (χ1n) is 9.55. The molecule has 29 heavy (non-hydrogen) atoms. The zero-order chi connectivity index (χ0) is 20.4. The van der Waals surface area contributed by atoms with Gasteiger partial charge in [0.25, 0.3) is 0 Å². The van der Waals surface area contributed by atoms with Gasteiger partial charge in [0, 0.05) is 21.8 Å². The van der Waals surface area contributed by atoms with Crippen molar-refractivity contribution in [2.45, 2.75) is 25.7 Å². The first-order chi connectivity index (χ1) is 14.2. The third-order valence-electron chi connectivity index (χ3n) is 5.19. The Morgan fingerprint density at radius 3 is 2.66 bits per heavy atom. The summed E-state index contributed by atoms with van der Waals surface area (Å²) in [6, 6.07) is 17.9. The quantitative estimate of drug-likeness (QED) is 0.557. The van der Waals surface area contributed by atoms with Crippen molar-refractivity contribution < 1.29 is 4.74 Å². The van der Waals surface area contributed by atoms with Crippen LogP contribution < -0.4 is 10.1 Å². The molecular weight excluding hydrogens is 384 g/mol. The molecule has 0 aliphatic carbocycles. The number of nitrogens with zero attached hydrogens (tertiary/aromatic N) is 2. The number of ether oxygens (including phenoxy) is 1. The van der Waals surface area contributed by atoms with Crippen molar-refractivity contribution in [3.05, 3.63) is 76.0 Å². The highest BCUT2D eigenvalue weighted by atomic mass is 35.5. The van der Waals surface area contributed by atoms with E-state index in [1.165, 1.54) is 0 Å². The summed E-state index contributed by atoms with van der Waals surface area (Å²) in [5, 5.41) is 21.8. The Morgan fingerprint density at radius 1 is 1.17 bits per heavy atom. The van der Waals surface area contributed by atoms with Crippen molar-refractivity contribution in [2.75, 3.05) is 12.4 Å². The largest absolute Gasteiger partial charge is 0.496 e. The SMILES string of the molecule is CCCC1=C(C#N)C(c2ccccc2Cl)c2c(n[nH]c2-c2ccccc2OC)N1. The Bertz CT molecular complexity index is 1130. The minimum absolute atomic E-state index is 0.315. The molecule has 0 fully saturated rings. The highest BCUT2D eigenvalue weighted by Crippen LogP contribution is 2.48. The lowest BCUT2D eigenvalue weighted by molar-refractivity contribution is 0.416. The van der Waals surface area contributed by atoms with E-state index in [0.29, 0.717) is 10.6 Å². The van der Waals surface area contributed by atoms with Crippen LogP contribution in [0.15, 0.2) is 59.8 Å². The van der Waals surface area contributed by atoms with E-state index in [9.17, 15) is 5.26 Å². The Hall–Kier alpha value is -3.23. The summed E-state index contributed by atoms with van der Waals surface area (Å²) >= 11 is 6.59. The lowest BCUT2D eigenvalue weighted by Crippen LogP contribution is -2.18. The van der Waals surface area contributed by atoms with Crippen LogP contribution in [0.3, 0.4) is 0 Å². The van der Waals surface area contributed by atoms with Crippen LogP contribution in [-0.2, 0) is 0 Å². The number of halogens is 1. The van der Waals surface area contributed by atoms with E-state index >= 15 is 0 Å². The molecular formula is C23H21ClN4O. The molecule has 2 aromatic carbocycles. The summed E-state index contributed by atoms with van der Waals surface area (Å²) in [6.45, 7) is 2.09. The summed E-state index contributed by atoms with van der Waals surface area (Å²) in [4.78, 5) is 0. The zero-order valence-corrected chi connectivity index (χ0v) is 17.0. The minimum Gasteiger partial charge on any atom is -0.496 e. The van der Waals surface area contributed by atoms with E-state index in [1.807, 2.05) is 48.5 Å². The van der Waals surface area contributed by atoms with Crippen LogP contribution in [0, 0.1) is 11.3 Å². The summed E-state index contributed by atoms with van der Waals surface area (Å²) in [5.41, 5.74) is 5.06. The van der Waals surface area contributed by atoms with Gasteiger partial charge in [-0.3, -0.25) is 5.10 Å². The van der Waals surface area contributed by atoms with Crippen molar-refractivity contribution >= 4 is 17.4 Å². The predicted molar refractivity (Wildman–Crippen MR) is 115 cm³/mol. The standard InChI is InChI=1S/C23H21ClN4O/c1-3-8-18-16(13-25)20(14-9-4-6-11-17(14)24)21-22(27-28-23(21)26-18)15-10-5-7-12-19(15)29-2/h4-7,9-12,20H,3,8H2,1-2H3,(H2,26,27,28). The van der Waals surface area contributed by atoms with E-state index in [1.54, 1.807) is 7.11 Å². The normalized spacial score (nSPS) is 15.4. The molecule has 0 saturated carbocycles. The number of nitrogens with one attached hydrogen (secondary N) is 2. The monoisotopic (exact) mass is 404 g/mol. The van der Waals surface area contributed by atoms with Crippen LogP contribution in [0.5, 0.6) is 5.75 Å². The number of aromatic amines is 1. The van der Waals surface area contributed by atoms with Gasteiger partial charge in [-0.15, -0.1) is 0 Å². The summed E-state index contributed by atoms with van der Waals surface area (Å²) < 4.78 is 5.57. The van der Waals surface area contributed by atoms with E-state index in [0.717, 1.165) is 52.5 Å². The van der Waals surface area contributed by atoms with Crippen LogP contribution in [0.1, 0.15) is 36.8 Å². The second-order valence-electron chi connectivity index (χ2n) is 6.89. The Balaban J connectivity index is 1.99. The molecule has 0 saturated heterocycles. The molecule has 0 bridgehead atoms. The van der Waals surface area contributed by atoms with Crippen LogP contribution >= 0.6 is 11.6 Å². The summed E-state index contributed by atoms with van der Waals surface area (Å²) in [5.74, 6) is 1.14. The Kier molecular flexibility index (Phi) is 5.28. The maximum absolute atomic E-state index is 10.1. The number of aromatic nitrogens is 2. The van der Waals surface area contributed by atoms with Gasteiger partial charge in [0.05, 0.1) is 30.4 Å². The van der Waals surface area contributed by atoms with E-state index < -0.39 is 0 Å². The number of hydrogen-bond donors (Lipinski definition) is 2. The average Bonchev–Trinajstić information content (AvgIpc) is 3.17. The van der Waals surface area contributed by atoms with Crippen molar-refractivity contribution in [1.29, 1.82) is 5.26 Å². The van der Waals surface area contributed by atoms with Gasteiger partial charge in [-0.2, -0.15) is 10.4 Å². The molecule has 1 aliphatic heterocycles. The number of allylic oxidation sites excluding steroid dienone is 2. The zero-order valence-electron chi connectivity index (χ0n) is 16.3. The molecule has 2 N–H and O–H groups in total. The molecule has 1 aliphatic rings. The van der Waals surface area contributed by atoms with E-state index in [-0.39, 0.29) is 5.92 Å². The summed E-state index contributed by atoms with van der Waals surface area (Å²) in [6.07, 6.45) is 1.68. The van der Waals surface area contributed by atoms with Crippen molar-refractivity contribution in [2.24, 2.45) is 0 Å². The first kappa shape index (κ1) is 19.1. The molecule has 1 unspecified atom stereocenters. The summed E-state index contributed by atoms with van der Waals surface area (Å²) in [7, 11) is 1.64. The number of hydrogen-bond acceptors (Lipinski definition) is 4. The fourth-order valence-corrected chi connectivity index (χ4v) is 4.16. The average molecular weight is 405 g/mol. The molecule has 5 nitrogen and oxygen atoms in total. The molecule has 0 spiro atoms. The maximum atomic E-state index is 10.1. The molecule has 1 aromatic heterocycles. The van der Waals surface area contributed by atoms with Crippen molar-refractivity contribution in [1.82, 2.24) is 10.2 Å². The second kappa shape index (κ2) is 8.02. The molecule has 6 heteroatoms. The van der Waals surface area contributed by atoms with E-state index in [2.05, 4.69) is 28.5 Å². The van der Waals surface area contributed by atoms with Crippen LogP contribution in [0.2, 0.25) is 5.02 Å². The van der Waals surface area contributed by atoms with Crippen LogP contribution in [0.4, 0.5) is 5.82 Å². The molecule has 2 heterocycles. The number of fused-ring (bicyclic) bond motifs is 1. The lowest BCUT2D eigenvalue weighted by Gasteiger charge is -2.28. The van der Waals surface area contributed by atoms with E-state index in [4.69, 9.17) is 16.3 Å². The number of H-pyrrole nitrogens is 1. The molecule has 146 valence electrons. The number of nitriles is 1. The third kappa shape index (κ3) is 3.26. The van der Waals surface area contributed by atoms with Gasteiger partial charge in [0.15, 0.2) is 5.82 Å². The Labute approximate surface area is 175 Å². The maximum Gasteiger partial charge on any atom is 0.156 e. The fourth-order valence-electron chi connectivity index (χ4n) is 3.91. The predicted octanol–water partition coefficient (Wildman–Crippen LogP) is 5.87. The first-order valence-corrected chi connectivity index (χ1v) is 9.93. The molecule has 4 rings (SSSR count). The smallest absolute Gasteiger partial charge is 0.156 e. The molecule has 1 atom stereocenters. The van der Waals surface area contributed by atoms with Gasteiger partial charge in [0.1, 0.15) is 5.75 Å². The molecule has 0 radical (unpaired) electrons. The van der Waals surface area contributed by atoms with Crippen molar-refractivity contribution in [3.63, 3.8) is 0 Å².